The molecule has 0 unspecified atom stereocenters. The summed E-state index contributed by atoms with van der Waals surface area (Å²) in [6.45, 7) is 8.96. The lowest BCUT2D eigenvalue weighted by molar-refractivity contribution is -0.140. The van der Waals surface area contributed by atoms with Crippen LogP contribution in [0.4, 0.5) is 5.69 Å². The molecule has 40 heavy (non-hydrogen) atoms. The third kappa shape index (κ3) is 7.43. The van der Waals surface area contributed by atoms with Crippen molar-refractivity contribution in [3.63, 3.8) is 0 Å². The Morgan fingerprint density at radius 3 is 2.15 bits per heavy atom. The van der Waals surface area contributed by atoms with E-state index >= 15 is 0 Å². The van der Waals surface area contributed by atoms with Gasteiger partial charge in [0.1, 0.15) is 12.6 Å². The van der Waals surface area contributed by atoms with Gasteiger partial charge < -0.3 is 10.2 Å². The molecule has 214 valence electrons. The van der Waals surface area contributed by atoms with Crippen LogP contribution in [0.15, 0.2) is 77.7 Å². The smallest absolute Gasteiger partial charge is 0.264 e. The van der Waals surface area contributed by atoms with E-state index in [-0.39, 0.29) is 23.4 Å². The van der Waals surface area contributed by atoms with Crippen LogP contribution in [0.5, 0.6) is 0 Å². The molecule has 0 aliphatic rings. The topological polar surface area (TPSA) is 86.8 Å². The Bertz CT molecular complexity index is 1410. The van der Waals surface area contributed by atoms with Gasteiger partial charge in [-0.2, -0.15) is 0 Å². The van der Waals surface area contributed by atoms with Crippen molar-refractivity contribution in [1.82, 2.24) is 10.2 Å². The summed E-state index contributed by atoms with van der Waals surface area (Å²) >= 11 is 6.39. The molecule has 2 amide bonds. The van der Waals surface area contributed by atoms with Crippen LogP contribution in [0.1, 0.15) is 50.3 Å². The summed E-state index contributed by atoms with van der Waals surface area (Å²) < 4.78 is 29.1. The number of amides is 2. The second-order valence-corrected chi connectivity index (χ2v) is 12.2. The molecule has 3 aromatic carbocycles. The summed E-state index contributed by atoms with van der Waals surface area (Å²) in [7, 11) is -4.16. The Hall–Kier alpha value is -3.36. The molecule has 0 aromatic heterocycles. The Balaban J connectivity index is 2.09. The lowest BCUT2D eigenvalue weighted by Gasteiger charge is -2.34. The third-order valence-electron chi connectivity index (χ3n) is 6.98. The zero-order chi connectivity index (χ0) is 29.4. The van der Waals surface area contributed by atoms with Gasteiger partial charge in [-0.3, -0.25) is 13.9 Å². The van der Waals surface area contributed by atoms with E-state index < -0.39 is 28.5 Å². The van der Waals surface area contributed by atoms with Crippen molar-refractivity contribution in [3.8, 4) is 0 Å². The molecule has 0 aliphatic carbocycles. The van der Waals surface area contributed by atoms with E-state index in [2.05, 4.69) is 5.32 Å². The van der Waals surface area contributed by atoms with E-state index in [0.29, 0.717) is 22.7 Å². The van der Waals surface area contributed by atoms with Crippen LogP contribution in [0.3, 0.4) is 0 Å². The normalized spacial score (nSPS) is 12.8. The first-order valence-electron chi connectivity index (χ1n) is 13.5. The minimum Gasteiger partial charge on any atom is -0.352 e. The summed E-state index contributed by atoms with van der Waals surface area (Å²) in [5.74, 6) is -0.766. The van der Waals surface area contributed by atoms with Crippen LogP contribution in [0.25, 0.3) is 0 Å². The van der Waals surface area contributed by atoms with Gasteiger partial charge in [-0.05, 0) is 69.0 Å². The van der Waals surface area contributed by atoms with E-state index in [1.165, 1.54) is 17.0 Å². The van der Waals surface area contributed by atoms with Gasteiger partial charge in [0.2, 0.25) is 11.8 Å². The molecule has 0 bridgehead atoms. The van der Waals surface area contributed by atoms with Crippen LogP contribution < -0.4 is 9.62 Å². The third-order valence-corrected chi connectivity index (χ3v) is 9.16. The zero-order valence-electron chi connectivity index (χ0n) is 23.7. The Kier molecular flexibility index (Phi) is 10.8. The maximum Gasteiger partial charge on any atom is 0.264 e. The lowest BCUT2D eigenvalue weighted by atomic mass is 10.1. The molecule has 1 N–H and O–H groups in total. The van der Waals surface area contributed by atoms with Crippen molar-refractivity contribution >= 4 is 39.1 Å². The fourth-order valence-corrected chi connectivity index (χ4v) is 6.00. The molecule has 0 heterocycles. The monoisotopic (exact) mass is 583 g/mol. The van der Waals surface area contributed by atoms with Crippen LogP contribution in [-0.4, -0.2) is 43.8 Å². The molecule has 9 heteroatoms. The first-order chi connectivity index (χ1) is 19.0. The van der Waals surface area contributed by atoms with Gasteiger partial charge in [-0.1, -0.05) is 79.5 Å². The minimum atomic E-state index is -4.16. The summed E-state index contributed by atoms with van der Waals surface area (Å²) in [4.78, 5) is 29.0. The highest BCUT2D eigenvalue weighted by Gasteiger charge is 2.34. The van der Waals surface area contributed by atoms with E-state index in [9.17, 15) is 18.0 Å². The maximum absolute atomic E-state index is 14.1. The summed E-state index contributed by atoms with van der Waals surface area (Å²) in [6, 6.07) is 19.9. The zero-order valence-corrected chi connectivity index (χ0v) is 25.3. The average Bonchev–Trinajstić information content (AvgIpc) is 2.93. The highest BCUT2D eigenvalue weighted by molar-refractivity contribution is 7.92. The first-order valence-corrected chi connectivity index (χ1v) is 15.3. The van der Waals surface area contributed by atoms with Crippen molar-refractivity contribution < 1.29 is 18.0 Å². The second-order valence-electron chi connectivity index (χ2n) is 9.96. The van der Waals surface area contributed by atoms with Crippen LogP contribution in [0.2, 0.25) is 5.02 Å². The number of halogens is 1. The predicted octanol–water partition coefficient (Wildman–Crippen LogP) is 5.87. The van der Waals surface area contributed by atoms with Crippen LogP contribution in [-0.2, 0) is 26.2 Å². The number of aryl methyl sites for hydroxylation is 1. The number of carbonyl (C=O) groups excluding carboxylic acids is 2. The number of hydrogen-bond acceptors (Lipinski definition) is 4. The van der Waals surface area contributed by atoms with Gasteiger partial charge in [0.25, 0.3) is 10.0 Å². The molecular formula is C31H38ClN3O4S. The standard InChI is InChI=1S/C31H38ClN3O4S/c1-6-23(4)33-31(37)28(7-2)34(20-25-12-9-8-10-13-25)30(36)21-35(29-15-11-14-27(32)24(29)5)40(38,39)26-18-16-22(3)17-19-26/h8-19,23,28H,6-7,20-21H2,1-5H3,(H,33,37)/t23-,28-/m0/s1. The largest absolute Gasteiger partial charge is 0.352 e. The SMILES string of the molecule is CC[C@H](C)NC(=O)[C@H](CC)N(Cc1ccccc1)C(=O)CN(c1cccc(Cl)c1C)S(=O)(=O)c1ccc(C)cc1. The fraction of sp³-hybridized carbons (Fsp3) is 0.355. The number of nitrogens with one attached hydrogen (secondary N) is 1. The van der Waals surface area contributed by atoms with Gasteiger partial charge in [0, 0.05) is 17.6 Å². The second kappa shape index (κ2) is 13.8. The van der Waals surface area contributed by atoms with E-state index in [4.69, 9.17) is 11.6 Å². The van der Waals surface area contributed by atoms with Crippen LogP contribution >= 0.6 is 11.6 Å². The predicted molar refractivity (Wildman–Crippen MR) is 161 cm³/mol. The summed E-state index contributed by atoms with van der Waals surface area (Å²) in [5, 5.41) is 3.37. The molecule has 0 spiro atoms. The van der Waals surface area contributed by atoms with Crippen molar-refractivity contribution in [2.24, 2.45) is 0 Å². The molecule has 0 radical (unpaired) electrons. The average molecular weight is 584 g/mol. The molecule has 0 aliphatic heterocycles. The van der Waals surface area contributed by atoms with Gasteiger partial charge in [0.05, 0.1) is 10.6 Å². The van der Waals surface area contributed by atoms with Crippen LogP contribution in [0, 0.1) is 13.8 Å². The van der Waals surface area contributed by atoms with Gasteiger partial charge in [-0.25, -0.2) is 8.42 Å². The van der Waals surface area contributed by atoms with Crippen molar-refractivity contribution in [1.29, 1.82) is 0 Å². The first kappa shape index (κ1) is 31.2. The van der Waals surface area contributed by atoms with Crippen molar-refractivity contribution in [3.05, 3.63) is 94.5 Å². The summed E-state index contributed by atoms with van der Waals surface area (Å²) in [6.07, 6.45) is 1.10. The summed E-state index contributed by atoms with van der Waals surface area (Å²) in [5.41, 5.74) is 2.58. The molecular weight excluding hydrogens is 546 g/mol. The molecule has 0 saturated carbocycles. The van der Waals surface area contributed by atoms with E-state index in [1.54, 1.807) is 37.3 Å². The Morgan fingerprint density at radius 1 is 0.900 bits per heavy atom. The highest BCUT2D eigenvalue weighted by atomic mass is 35.5. The quantitative estimate of drug-likeness (QED) is 0.289. The molecule has 0 saturated heterocycles. The van der Waals surface area contributed by atoms with E-state index in [1.807, 2.05) is 58.0 Å². The molecule has 2 atom stereocenters. The van der Waals surface area contributed by atoms with Gasteiger partial charge in [-0.15, -0.1) is 0 Å². The number of rotatable bonds is 12. The fourth-order valence-electron chi connectivity index (χ4n) is 4.36. The number of nitrogens with zero attached hydrogens (tertiary/aromatic N) is 2. The minimum absolute atomic E-state index is 0.0569. The molecule has 0 fully saturated rings. The van der Waals surface area contributed by atoms with Crippen molar-refractivity contribution in [2.75, 3.05) is 10.8 Å². The number of anilines is 1. The number of benzene rings is 3. The molecule has 7 nitrogen and oxygen atoms in total. The number of sulfonamides is 1. The number of carbonyl (C=O) groups is 2. The van der Waals surface area contributed by atoms with Gasteiger partial charge in [0.15, 0.2) is 0 Å². The molecule has 3 aromatic rings. The molecule has 3 rings (SSSR count). The Labute approximate surface area is 243 Å². The van der Waals surface area contributed by atoms with Crippen molar-refractivity contribution in [2.45, 2.75) is 71.0 Å². The Morgan fingerprint density at radius 2 is 1.55 bits per heavy atom. The van der Waals surface area contributed by atoms with Gasteiger partial charge >= 0.3 is 0 Å². The maximum atomic E-state index is 14.1. The highest BCUT2D eigenvalue weighted by Crippen LogP contribution is 2.31. The number of hydrogen-bond donors (Lipinski definition) is 1. The van der Waals surface area contributed by atoms with E-state index in [0.717, 1.165) is 21.9 Å². The lowest BCUT2D eigenvalue weighted by Crippen LogP contribution is -2.53.